The molecule has 1 saturated carbocycles. The van der Waals surface area contributed by atoms with Gasteiger partial charge in [-0.2, -0.15) is 9.97 Å². The number of fused-ring (bicyclic) bond motifs is 2. The third-order valence-electron chi connectivity index (χ3n) is 4.65. The number of nitrogens with two attached hydrogens (primary N) is 1. The van der Waals surface area contributed by atoms with Crippen LogP contribution in [0.1, 0.15) is 12.8 Å². The Morgan fingerprint density at radius 3 is 2.56 bits per heavy atom. The Bertz CT molecular complexity index is 1070. The fourth-order valence-electron chi connectivity index (χ4n) is 3.25. The van der Waals surface area contributed by atoms with Gasteiger partial charge in [-0.15, -0.1) is 0 Å². The van der Waals surface area contributed by atoms with E-state index in [9.17, 15) is 0 Å². The Balaban J connectivity index is 1.67. The fraction of sp³-hybridized carbons (Fsp3) is 0.211. The van der Waals surface area contributed by atoms with E-state index in [1.165, 1.54) is 0 Å². The summed E-state index contributed by atoms with van der Waals surface area (Å²) >= 11 is 0. The van der Waals surface area contributed by atoms with Gasteiger partial charge in [0.05, 0.1) is 16.6 Å². The van der Waals surface area contributed by atoms with Gasteiger partial charge in [0.25, 0.3) is 0 Å². The SMILES string of the molecule is NC1CC(Oc2nc(-n3cnc4ccccc43)c3ccccc3n2)C1. The number of rotatable bonds is 3. The fourth-order valence-corrected chi connectivity index (χ4v) is 3.25. The maximum Gasteiger partial charge on any atom is 0.319 e. The van der Waals surface area contributed by atoms with Crippen molar-refractivity contribution in [2.24, 2.45) is 5.73 Å². The second-order valence-electron chi connectivity index (χ2n) is 6.42. The van der Waals surface area contributed by atoms with Gasteiger partial charge in [0.2, 0.25) is 0 Å². The summed E-state index contributed by atoms with van der Waals surface area (Å²) in [6.07, 6.45) is 3.59. The van der Waals surface area contributed by atoms with E-state index >= 15 is 0 Å². The highest BCUT2D eigenvalue weighted by atomic mass is 16.5. The number of hydrogen-bond acceptors (Lipinski definition) is 5. The maximum atomic E-state index is 5.94. The van der Waals surface area contributed by atoms with Crippen LogP contribution in [-0.4, -0.2) is 31.7 Å². The van der Waals surface area contributed by atoms with Gasteiger partial charge in [-0.25, -0.2) is 4.98 Å². The highest BCUT2D eigenvalue weighted by molar-refractivity contribution is 5.88. The Morgan fingerprint density at radius 2 is 1.72 bits per heavy atom. The lowest BCUT2D eigenvalue weighted by Gasteiger charge is -2.31. The zero-order valence-corrected chi connectivity index (χ0v) is 13.5. The molecule has 0 aliphatic heterocycles. The van der Waals surface area contributed by atoms with Crippen molar-refractivity contribution in [3.8, 4) is 11.8 Å². The standard InChI is InChI=1S/C19H17N5O/c20-12-9-13(10-12)25-19-22-15-6-2-1-5-14(15)18(23-19)24-11-21-16-7-3-4-8-17(16)24/h1-8,11-13H,9-10,20H2. The molecular formula is C19H17N5O. The second-order valence-corrected chi connectivity index (χ2v) is 6.42. The molecule has 0 unspecified atom stereocenters. The van der Waals surface area contributed by atoms with Gasteiger partial charge in [-0.1, -0.05) is 24.3 Å². The summed E-state index contributed by atoms with van der Waals surface area (Å²) in [5, 5.41) is 0.961. The molecule has 1 aliphatic carbocycles. The van der Waals surface area contributed by atoms with E-state index in [1.807, 2.05) is 53.1 Å². The molecule has 0 radical (unpaired) electrons. The molecule has 0 bridgehead atoms. The highest BCUT2D eigenvalue weighted by Crippen LogP contribution is 2.28. The van der Waals surface area contributed by atoms with Crippen LogP contribution in [-0.2, 0) is 0 Å². The van der Waals surface area contributed by atoms with E-state index in [1.54, 1.807) is 6.33 Å². The molecule has 0 amide bonds. The topological polar surface area (TPSA) is 78.9 Å². The first-order valence-corrected chi connectivity index (χ1v) is 8.39. The lowest BCUT2D eigenvalue weighted by Crippen LogP contribution is -2.43. The van der Waals surface area contributed by atoms with Crippen molar-refractivity contribution in [1.82, 2.24) is 19.5 Å². The van der Waals surface area contributed by atoms with Crippen molar-refractivity contribution in [3.63, 3.8) is 0 Å². The van der Waals surface area contributed by atoms with E-state index in [0.717, 1.165) is 40.6 Å². The van der Waals surface area contributed by atoms with Crippen LogP contribution in [0.4, 0.5) is 0 Å². The first-order valence-electron chi connectivity index (χ1n) is 8.39. The van der Waals surface area contributed by atoms with Crippen LogP contribution in [0.3, 0.4) is 0 Å². The third kappa shape index (κ3) is 2.42. The first-order chi connectivity index (χ1) is 12.3. The van der Waals surface area contributed by atoms with Crippen molar-refractivity contribution in [1.29, 1.82) is 0 Å². The van der Waals surface area contributed by atoms with Crippen LogP contribution in [0.15, 0.2) is 54.9 Å². The predicted octanol–water partition coefficient (Wildman–Crippen LogP) is 2.84. The molecule has 6 nitrogen and oxygen atoms in total. The molecule has 0 spiro atoms. The average molecular weight is 331 g/mol. The van der Waals surface area contributed by atoms with Gasteiger partial charge in [0.15, 0.2) is 5.82 Å². The largest absolute Gasteiger partial charge is 0.460 e. The molecule has 124 valence electrons. The van der Waals surface area contributed by atoms with Gasteiger partial charge in [-0.05, 0) is 37.1 Å². The molecule has 1 aliphatic rings. The molecule has 0 atom stereocenters. The molecule has 25 heavy (non-hydrogen) atoms. The van der Waals surface area contributed by atoms with Crippen molar-refractivity contribution in [2.45, 2.75) is 25.0 Å². The van der Waals surface area contributed by atoms with Crippen LogP contribution >= 0.6 is 0 Å². The number of imidazole rings is 1. The van der Waals surface area contributed by atoms with E-state index < -0.39 is 0 Å². The molecule has 2 N–H and O–H groups in total. The molecule has 0 saturated heterocycles. The summed E-state index contributed by atoms with van der Waals surface area (Å²) < 4.78 is 7.93. The highest BCUT2D eigenvalue weighted by Gasteiger charge is 2.28. The summed E-state index contributed by atoms with van der Waals surface area (Å²) in [6.45, 7) is 0. The Morgan fingerprint density at radius 1 is 0.960 bits per heavy atom. The van der Waals surface area contributed by atoms with Gasteiger partial charge < -0.3 is 10.5 Å². The van der Waals surface area contributed by atoms with Crippen molar-refractivity contribution >= 4 is 21.9 Å². The first kappa shape index (κ1) is 14.4. The Labute approximate surface area is 144 Å². The zero-order chi connectivity index (χ0) is 16.8. The number of benzene rings is 2. The van der Waals surface area contributed by atoms with Crippen molar-refractivity contribution in [2.75, 3.05) is 0 Å². The van der Waals surface area contributed by atoms with Crippen LogP contribution < -0.4 is 10.5 Å². The number of aromatic nitrogens is 4. The summed E-state index contributed by atoms with van der Waals surface area (Å²) in [5.41, 5.74) is 8.63. The quantitative estimate of drug-likeness (QED) is 0.624. The lowest BCUT2D eigenvalue weighted by molar-refractivity contribution is 0.0909. The smallest absolute Gasteiger partial charge is 0.319 e. The summed E-state index contributed by atoms with van der Waals surface area (Å²) in [5.74, 6) is 0.776. The minimum Gasteiger partial charge on any atom is -0.460 e. The molecule has 5 rings (SSSR count). The average Bonchev–Trinajstić information content (AvgIpc) is 3.04. The van der Waals surface area contributed by atoms with Gasteiger partial charge in [-0.3, -0.25) is 4.57 Å². The van der Waals surface area contributed by atoms with E-state index in [0.29, 0.717) is 6.01 Å². The maximum absolute atomic E-state index is 5.94. The zero-order valence-electron chi connectivity index (χ0n) is 13.5. The molecular weight excluding hydrogens is 314 g/mol. The molecule has 2 aromatic heterocycles. The van der Waals surface area contributed by atoms with Crippen LogP contribution in [0.5, 0.6) is 6.01 Å². The van der Waals surface area contributed by atoms with E-state index in [-0.39, 0.29) is 12.1 Å². The Hall–Kier alpha value is -2.99. The normalized spacial score (nSPS) is 19.9. The third-order valence-corrected chi connectivity index (χ3v) is 4.65. The molecule has 2 heterocycles. The van der Waals surface area contributed by atoms with Crippen molar-refractivity contribution < 1.29 is 4.74 Å². The van der Waals surface area contributed by atoms with Crippen LogP contribution in [0.2, 0.25) is 0 Å². The van der Waals surface area contributed by atoms with Gasteiger partial charge in [0, 0.05) is 11.4 Å². The Kier molecular flexibility index (Phi) is 3.18. The van der Waals surface area contributed by atoms with Gasteiger partial charge in [0.1, 0.15) is 12.4 Å². The number of hydrogen-bond donors (Lipinski definition) is 1. The summed E-state index contributed by atoms with van der Waals surface area (Å²) in [7, 11) is 0. The number of nitrogens with zero attached hydrogens (tertiary/aromatic N) is 4. The minimum absolute atomic E-state index is 0.101. The molecule has 4 aromatic rings. The monoisotopic (exact) mass is 331 g/mol. The lowest BCUT2D eigenvalue weighted by atomic mass is 9.90. The van der Waals surface area contributed by atoms with Gasteiger partial charge >= 0.3 is 6.01 Å². The molecule has 2 aromatic carbocycles. The number of ether oxygens (including phenoxy) is 1. The summed E-state index contributed by atoms with van der Waals surface area (Å²) in [6, 6.07) is 16.6. The molecule has 6 heteroatoms. The van der Waals surface area contributed by atoms with Crippen molar-refractivity contribution in [3.05, 3.63) is 54.9 Å². The van der Waals surface area contributed by atoms with Crippen LogP contribution in [0, 0.1) is 0 Å². The number of para-hydroxylation sites is 3. The van der Waals surface area contributed by atoms with E-state index in [4.69, 9.17) is 10.5 Å². The minimum atomic E-state index is 0.101. The second kappa shape index (κ2) is 5.53. The predicted molar refractivity (Wildman–Crippen MR) is 95.8 cm³/mol. The van der Waals surface area contributed by atoms with Crippen LogP contribution in [0.25, 0.3) is 27.8 Å². The molecule has 1 fully saturated rings. The van der Waals surface area contributed by atoms with E-state index in [2.05, 4.69) is 15.0 Å². The summed E-state index contributed by atoms with van der Waals surface area (Å²) in [4.78, 5) is 13.7.